The summed E-state index contributed by atoms with van der Waals surface area (Å²) in [6.07, 6.45) is 1.47. The van der Waals surface area contributed by atoms with E-state index in [1.807, 2.05) is 24.3 Å². The molecule has 4 rings (SSSR count). The van der Waals surface area contributed by atoms with Gasteiger partial charge in [0.1, 0.15) is 16.3 Å². The Morgan fingerprint density at radius 3 is 2.92 bits per heavy atom. The molecule has 0 fully saturated rings. The summed E-state index contributed by atoms with van der Waals surface area (Å²) in [6, 6.07) is 12.4. The van der Waals surface area contributed by atoms with Gasteiger partial charge in [0.15, 0.2) is 0 Å². The number of hydrogen-bond donors (Lipinski definition) is 0. The summed E-state index contributed by atoms with van der Waals surface area (Å²) in [5.74, 6) is 0.384. The molecule has 4 aromatic rings. The summed E-state index contributed by atoms with van der Waals surface area (Å²) in [5.41, 5.74) is 1.20. The van der Waals surface area contributed by atoms with Crippen LogP contribution in [0.4, 0.5) is 4.39 Å². The van der Waals surface area contributed by atoms with Crippen LogP contribution in [-0.2, 0) is 6.54 Å². The summed E-state index contributed by atoms with van der Waals surface area (Å²) in [5, 5.41) is 0.420. The molecule has 2 aromatic heterocycles. The lowest BCUT2D eigenvalue weighted by atomic mass is 10.2. The molecule has 6 heteroatoms. The molecule has 0 atom stereocenters. The van der Waals surface area contributed by atoms with Crippen molar-refractivity contribution in [1.29, 1.82) is 0 Å². The van der Waals surface area contributed by atoms with Crippen molar-refractivity contribution in [3.63, 3.8) is 0 Å². The summed E-state index contributed by atoms with van der Waals surface area (Å²) < 4.78 is 22.0. The Labute approximate surface area is 140 Å². The molecule has 0 aliphatic rings. The van der Waals surface area contributed by atoms with Crippen molar-refractivity contribution in [2.45, 2.75) is 6.54 Å². The molecule has 4 nitrogen and oxygen atoms in total. The molecule has 0 aliphatic carbocycles. The van der Waals surface area contributed by atoms with Crippen LogP contribution in [0.3, 0.4) is 0 Å². The van der Waals surface area contributed by atoms with Gasteiger partial charge in [-0.25, -0.2) is 9.37 Å². The van der Waals surface area contributed by atoms with Crippen molar-refractivity contribution < 1.29 is 9.13 Å². The van der Waals surface area contributed by atoms with Gasteiger partial charge in [0.25, 0.3) is 5.56 Å². The third-order valence-electron chi connectivity index (χ3n) is 3.91. The van der Waals surface area contributed by atoms with E-state index < -0.39 is 0 Å². The third-order valence-corrected chi connectivity index (χ3v) is 5.04. The average Bonchev–Trinajstić information content (AvgIpc) is 2.98. The van der Waals surface area contributed by atoms with Crippen LogP contribution in [0, 0.1) is 5.82 Å². The highest BCUT2D eigenvalue weighted by Gasteiger charge is 2.14. The number of rotatable bonds is 3. The second kappa shape index (κ2) is 5.72. The van der Waals surface area contributed by atoms with Gasteiger partial charge in [0.05, 0.1) is 30.9 Å². The molecule has 2 heterocycles. The first kappa shape index (κ1) is 14.8. The number of aromatic nitrogens is 2. The average molecular weight is 340 g/mol. The molecule has 0 bridgehead atoms. The van der Waals surface area contributed by atoms with Gasteiger partial charge in [0.2, 0.25) is 0 Å². The van der Waals surface area contributed by atoms with Gasteiger partial charge in [-0.05, 0) is 29.8 Å². The van der Waals surface area contributed by atoms with Crippen molar-refractivity contribution in [3.8, 4) is 5.75 Å². The van der Waals surface area contributed by atoms with Crippen LogP contribution in [0.15, 0.2) is 53.6 Å². The van der Waals surface area contributed by atoms with Crippen molar-refractivity contribution in [2.24, 2.45) is 0 Å². The largest absolute Gasteiger partial charge is 0.497 e. The first-order chi connectivity index (χ1) is 11.7. The monoisotopic (exact) mass is 340 g/mol. The second-order valence-corrected chi connectivity index (χ2v) is 6.47. The van der Waals surface area contributed by atoms with Crippen LogP contribution in [-0.4, -0.2) is 16.7 Å². The van der Waals surface area contributed by atoms with Crippen molar-refractivity contribution in [2.75, 3.05) is 7.11 Å². The number of benzene rings is 2. The number of ether oxygens (including phenoxy) is 1. The van der Waals surface area contributed by atoms with E-state index in [1.54, 1.807) is 19.2 Å². The number of nitrogens with zero attached hydrogens (tertiary/aromatic N) is 2. The molecular formula is C18H13FN2O2S. The van der Waals surface area contributed by atoms with E-state index in [2.05, 4.69) is 4.98 Å². The molecule has 0 radical (unpaired) electrons. The fraction of sp³-hybridized carbons (Fsp3) is 0.111. The minimum Gasteiger partial charge on any atom is -0.497 e. The van der Waals surface area contributed by atoms with Gasteiger partial charge in [-0.3, -0.25) is 9.36 Å². The van der Waals surface area contributed by atoms with E-state index in [-0.39, 0.29) is 11.4 Å². The van der Waals surface area contributed by atoms with E-state index in [0.29, 0.717) is 22.1 Å². The molecule has 0 saturated carbocycles. The molecule has 24 heavy (non-hydrogen) atoms. The highest BCUT2D eigenvalue weighted by molar-refractivity contribution is 7.25. The Bertz CT molecular complexity index is 1120. The Morgan fingerprint density at radius 1 is 1.25 bits per heavy atom. The fourth-order valence-electron chi connectivity index (χ4n) is 2.75. The molecule has 0 aliphatic heterocycles. The van der Waals surface area contributed by atoms with Crippen LogP contribution in [0.1, 0.15) is 5.56 Å². The van der Waals surface area contributed by atoms with E-state index in [4.69, 9.17) is 4.74 Å². The lowest BCUT2D eigenvalue weighted by molar-refractivity contribution is 0.414. The molecule has 0 amide bonds. The second-order valence-electron chi connectivity index (χ2n) is 5.42. The Hall–Kier alpha value is -2.73. The van der Waals surface area contributed by atoms with Crippen molar-refractivity contribution in [1.82, 2.24) is 9.55 Å². The van der Waals surface area contributed by atoms with Gasteiger partial charge >= 0.3 is 0 Å². The molecule has 2 aromatic carbocycles. The van der Waals surface area contributed by atoms with Gasteiger partial charge in [-0.1, -0.05) is 18.2 Å². The van der Waals surface area contributed by atoms with Crippen LogP contribution < -0.4 is 10.3 Å². The standard InChI is InChI=1S/C18H13FN2O2S/c1-23-12-5-2-4-11(8-12)9-21-10-20-16-15-13(19)6-3-7-14(15)24-17(16)18(21)22/h2-8,10H,9H2,1H3. The van der Waals surface area contributed by atoms with Gasteiger partial charge < -0.3 is 4.74 Å². The summed E-state index contributed by atoms with van der Waals surface area (Å²) in [4.78, 5) is 17.1. The summed E-state index contributed by atoms with van der Waals surface area (Å²) >= 11 is 1.27. The van der Waals surface area contributed by atoms with Crippen LogP contribution in [0.2, 0.25) is 0 Å². The van der Waals surface area contributed by atoms with E-state index in [9.17, 15) is 9.18 Å². The molecule has 0 N–H and O–H groups in total. The van der Waals surface area contributed by atoms with Crippen LogP contribution in [0.25, 0.3) is 20.3 Å². The number of hydrogen-bond acceptors (Lipinski definition) is 4. The topological polar surface area (TPSA) is 44.1 Å². The highest BCUT2D eigenvalue weighted by Crippen LogP contribution is 2.31. The minimum atomic E-state index is -0.351. The maximum absolute atomic E-state index is 14.1. The molecule has 0 spiro atoms. The molecule has 0 saturated heterocycles. The maximum Gasteiger partial charge on any atom is 0.271 e. The number of thiophene rings is 1. The quantitative estimate of drug-likeness (QED) is 0.570. The van der Waals surface area contributed by atoms with E-state index in [0.717, 1.165) is 16.0 Å². The zero-order valence-corrected chi connectivity index (χ0v) is 13.6. The maximum atomic E-state index is 14.1. The molecule has 120 valence electrons. The first-order valence-electron chi connectivity index (χ1n) is 7.36. The highest BCUT2D eigenvalue weighted by atomic mass is 32.1. The zero-order chi connectivity index (χ0) is 16.7. The van der Waals surface area contributed by atoms with E-state index in [1.165, 1.54) is 28.3 Å². The molecule has 0 unspecified atom stereocenters. The third kappa shape index (κ3) is 2.35. The minimum absolute atomic E-state index is 0.164. The normalized spacial score (nSPS) is 11.2. The van der Waals surface area contributed by atoms with Gasteiger partial charge in [-0.15, -0.1) is 11.3 Å². The molecular weight excluding hydrogens is 327 g/mol. The van der Waals surface area contributed by atoms with Gasteiger partial charge in [-0.2, -0.15) is 0 Å². The van der Waals surface area contributed by atoms with Crippen molar-refractivity contribution >= 4 is 31.6 Å². The zero-order valence-electron chi connectivity index (χ0n) is 12.8. The lowest BCUT2D eigenvalue weighted by Crippen LogP contribution is -2.20. The Balaban J connectivity index is 1.85. The van der Waals surface area contributed by atoms with Crippen molar-refractivity contribution in [3.05, 3.63) is 70.5 Å². The number of fused-ring (bicyclic) bond motifs is 3. The SMILES string of the molecule is COc1cccc(Cn2cnc3c(sc4cccc(F)c43)c2=O)c1. The summed E-state index contributed by atoms with van der Waals surface area (Å²) in [6.45, 7) is 0.385. The number of halogens is 1. The predicted octanol–water partition coefficient (Wildman–Crippen LogP) is 3.81. The van der Waals surface area contributed by atoms with Gasteiger partial charge in [0, 0.05) is 4.70 Å². The Kier molecular flexibility index (Phi) is 3.54. The fourth-order valence-corrected chi connectivity index (χ4v) is 3.87. The predicted molar refractivity (Wildman–Crippen MR) is 93.4 cm³/mol. The summed E-state index contributed by atoms with van der Waals surface area (Å²) in [7, 11) is 1.60. The first-order valence-corrected chi connectivity index (χ1v) is 8.18. The smallest absolute Gasteiger partial charge is 0.271 e. The number of methoxy groups -OCH3 is 1. The van der Waals surface area contributed by atoms with Crippen LogP contribution >= 0.6 is 11.3 Å². The van der Waals surface area contributed by atoms with E-state index >= 15 is 0 Å². The lowest BCUT2D eigenvalue weighted by Gasteiger charge is -2.07. The van der Waals surface area contributed by atoms with Crippen LogP contribution in [0.5, 0.6) is 5.75 Å². The Morgan fingerprint density at radius 2 is 2.08 bits per heavy atom.